The van der Waals surface area contributed by atoms with Crippen LogP contribution in [0.25, 0.3) is 0 Å². The summed E-state index contributed by atoms with van der Waals surface area (Å²) in [5.74, 6) is 0.0851. The second kappa shape index (κ2) is 8.12. The van der Waals surface area contributed by atoms with Gasteiger partial charge in [-0.15, -0.1) is 0 Å². The summed E-state index contributed by atoms with van der Waals surface area (Å²) in [5, 5.41) is 3.17. The van der Waals surface area contributed by atoms with Gasteiger partial charge in [-0.3, -0.25) is 9.78 Å². The van der Waals surface area contributed by atoms with Gasteiger partial charge >= 0.3 is 6.09 Å². The molecule has 1 unspecified atom stereocenters. The van der Waals surface area contributed by atoms with Gasteiger partial charge in [0.05, 0.1) is 18.1 Å². The van der Waals surface area contributed by atoms with Gasteiger partial charge in [0.2, 0.25) is 0 Å². The molecule has 1 aromatic rings. The maximum absolute atomic E-state index is 12.7. The molecule has 0 aromatic carbocycles. The van der Waals surface area contributed by atoms with Crippen LogP contribution in [0.4, 0.5) is 10.5 Å². The molecule has 0 aliphatic carbocycles. The van der Waals surface area contributed by atoms with Crippen molar-refractivity contribution in [1.29, 1.82) is 0 Å². The molecule has 0 bridgehead atoms. The quantitative estimate of drug-likeness (QED) is 0.793. The molecule has 0 radical (unpaired) electrons. The summed E-state index contributed by atoms with van der Waals surface area (Å²) in [6.07, 6.45) is 1.73. The molecule has 3 heterocycles. The minimum atomic E-state index is -2.97. The minimum Gasteiger partial charge on any atom is -0.450 e. The molecule has 148 valence electrons. The van der Waals surface area contributed by atoms with Crippen LogP contribution in [-0.4, -0.2) is 85.5 Å². The van der Waals surface area contributed by atoms with E-state index in [0.29, 0.717) is 50.6 Å². The fourth-order valence-electron chi connectivity index (χ4n) is 3.25. The van der Waals surface area contributed by atoms with Crippen LogP contribution in [-0.2, 0) is 14.6 Å². The van der Waals surface area contributed by atoms with Gasteiger partial charge in [0.15, 0.2) is 9.84 Å². The number of amides is 2. The molecule has 2 amide bonds. The first-order chi connectivity index (χ1) is 12.9. The highest BCUT2D eigenvalue weighted by molar-refractivity contribution is 7.91. The number of aromatic nitrogens is 1. The maximum atomic E-state index is 12.7. The number of sulfone groups is 1. The number of hydrogen-bond acceptors (Lipinski definition) is 7. The Balaban J connectivity index is 1.59. The summed E-state index contributed by atoms with van der Waals surface area (Å²) in [6.45, 7) is 3.75. The van der Waals surface area contributed by atoms with Crippen molar-refractivity contribution in [2.75, 3.05) is 49.6 Å². The molecule has 1 aromatic heterocycles. The molecule has 2 fully saturated rings. The fraction of sp³-hybridized carbons (Fsp3) is 0.588. The van der Waals surface area contributed by atoms with E-state index < -0.39 is 9.84 Å². The lowest BCUT2D eigenvalue weighted by Crippen LogP contribution is -2.50. The van der Waals surface area contributed by atoms with E-state index in [-0.39, 0.29) is 29.5 Å². The molecule has 10 heteroatoms. The summed E-state index contributed by atoms with van der Waals surface area (Å²) in [4.78, 5) is 31.8. The molecular formula is C17H24N4O5S. The van der Waals surface area contributed by atoms with Crippen LogP contribution < -0.4 is 5.32 Å². The van der Waals surface area contributed by atoms with Crippen molar-refractivity contribution in [1.82, 2.24) is 14.8 Å². The Morgan fingerprint density at radius 2 is 1.96 bits per heavy atom. The normalized spacial score (nSPS) is 21.7. The van der Waals surface area contributed by atoms with Gasteiger partial charge in [-0.2, -0.15) is 0 Å². The first-order valence-corrected chi connectivity index (χ1v) is 10.8. The molecule has 3 rings (SSSR count). The predicted octanol–water partition coefficient (Wildman–Crippen LogP) is 0.595. The van der Waals surface area contributed by atoms with Crippen molar-refractivity contribution in [2.24, 2.45) is 0 Å². The first-order valence-electron chi connectivity index (χ1n) is 9.02. The van der Waals surface area contributed by atoms with Gasteiger partial charge in [-0.25, -0.2) is 13.2 Å². The Kier molecular flexibility index (Phi) is 5.83. The highest BCUT2D eigenvalue weighted by Crippen LogP contribution is 2.18. The average molecular weight is 396 g/mol. The standard InChI is InChI=1S/C17H24N4O5S/c1-2-26-17(23)21-8-6-20(7-9-21)16(22)15-11-13(3-5-18-15)19-14-4-10-27(24,25)12-14/h3,5,11,14H,2,4,6-10,12H2,1H3,(H,18,19). The minimum absolute atomic E-state index is 0.106. The predicted molar refractivity (Wildman–Crippen MR) is 99.4 cm³/mol. The van der Waals surface area contributed by atoms with E-state index in [1.54, 1.807) is 28.9 Å². The number of piperazine rings is 1. The summed E-state index contributed by atoms with van der Waals surface area (Å²) in [7, 11) is -2.97. The van der Waals surface area contributed by atoms with Gasteiger partial charge in [-0.05, 0) is 25.5 Å². The van der Waals surface area contributed by atoms with Crippen LogP contribution >= 0.6 is 0 Å². The van der Waals surface area contributed by atoms with Crippen molar-refractivity contribution in [3.8, 4) is 0 Å². The van der Waals surface area contributed by atoms with E-state index in [9.17, 15) is 18.0 Å². The molecule has 1 N–H and O–H groups in total. The van der Waals surface area contributed by atoms with E-state index in [4.69, 9.17) is 4.74 Å². The van der Waals surface area contributed by atoms with Crippen LogP contribution in [0.5, 0.6) is 0 Å². The van der Waals surface area contributed by atoms with Crippen LogP contribution in [0.15, 0.2) is 18.3 Å². The number of nitrogens with zero attached hydrogens (tertiary/aromatic N) is 3. The average Bonchev–Trinajstić information content (AvgIpc) is 3.00. The summed E-state index contributed by atoms with van der Waals surface area (Å²) >= 11 is 0. The monoisotopic (exact) mass is 396 g/mol. The zero-order valence-corrected chi connectivity index (χ0v) is 16.1. The number of nitrogens with one attached hydrogen (secondary N) is 1. The second-order valence-corrected chi connectivity index (χ2v) is 8.88. The van der Waals surface area contributed by atoms with Crippen molar-refractivity contribution in [3.63, 3.8) is 0 Å². The van der Waals surface area contributed by atoms with E-state index in [1.807, 2.05) is 0 Å². The van der Waals surface area contributed by atoms with Crippen molar-refractivity contribution in [3.05, 3.63) is 24.0 Å². The van der Waals surface area contributed by atoms with Crippen LogP contribution in [0.2, 0.25) is 0 Å². The molecule has 0 saturated carbocycles. The highest BCUT2D eigenvalue weighted by atomic mass is 32.2. The van der Waals surface area contributed by atoms with Gasteiger partial charge in [0.25, 0.3) is 5.91 Å². The zero-order valence-electron chi connectivity index (χ0n) is 15.3. The molecule has 2 aliphatic rings. The van der Waals surface area contributed by atoms with Gasteiger partial charge < -0.3 is 19.9 Å². The first kappa shape index (κ1) is 19.4. The lowest BCUT2D eigenvalue weighted by Gasteiger charge is -2.33. The Labute approximate surface area is 158 Å². The zero-order chi connectivity index (χ0) is 19.4. The topological polar surface area (TPSA) is 109 Å². The highest BCUT2D eigenvalue weighted by Gasteiger charge is 2.29. The van der Waals surface area contributed by atoms with Gasteiger partial charge in [-0.1, -0.05) is 0 Å². The smallest absolute Gasteiger partial charge is 0.409 e. The van der Waals surface area contributed by atoms with Crippen molar-refractivity contribution < 1.29 is 22.7 Å². The summed E-state index contributed by atoms with van der Waals surface area (Å²) in [6, 6.07) is 3.22. The third kappa shape index (κ3) is 4.88. The van der Waals surface area contributed by atoms with Crippen LogP contribution in [0.1, 0.15) is 23.8 Å². The van der Waals surface area contributed by atoms with Gasteiger partial charge in [0, 0.05) is 44.1 Å². The number of carbonyl (C=O) groups is 2. The third-order valence-electron chi connectivity index (χ3n) is 4.68. The molecule has 2 aliphatic heterocycles. The maximum Gasteiger partial charge on any atom is 0.409 e. The lowest BCUT2D eigenvalue weighted by atomic mass is 10.2. The van der Waals surface area contributed by atoms with Crippen molar-refractivity contribution >= 4 is 27.5 Å². The van der Waals surface area contributed by atoms with E-state index in [1.165, 1.54) is 6.20 Å². The van der Waals surface area contributed by atoms with E-state index in [2.05, 4.69) is 10.3 Å². The van der Waals surface area contributed by atoms with E-state index >= 15 is 0 Å². The number of rotatable bonds is 4. The molecule has 27 heavy (non-hydrogen) atoms. The molecule has 9 nitrogen and oxygen atoms in total. The Hall–Kier alpha value is -2.36. The molecule has 1 atom stereocenters. The number of ether oxygens (including phenoxy) is 1. The SMILES string of the molecule is CCOC(=O)N1CCN(C(=O)c2cc(NC3CCS(=O)(=O)C3)ccn2)CC1. The summed E-state index contributed by atoms with van der Waals surface area (Å²) in [5.41, 5.74) is 0.978. The number of carbonyl (C=O) groups excluding carboxylic acids is 2. The molecule has 0 spiro atoms. The number of anilines is 1. The second-order valence-electron chi connectivity index (χ2n) is 6.65. The molecule has 2 saturated heterocycles. The fourth-order valence-corrected chi connectivity index (χ4v) is 4.92. The number of hydrogen-bond donors (Lipinski definition) is 1. The Morgan fingerprint density at radius 3 is 2.59 bits per heavy atom. The van der Waals surface area contributed by atoms with Crippen molar-refractivity contribution in [2.45, 2.75) is 19.4 Å². The van der Waals surface area contributed by atoms with E-state index in [0.717, 1.165) is 0 Å². The lowest BCUT2D eigenvalue weighted by molar-refractivity contribution is 0.0566. The largest absolute Gasteiger partial charge is 0.450 e. The van der Waals surface area contributed by atoms with Gasteiger partial charge in [0.1, 0.15) is 5.69 Å². The Bertz CT molecular complexity index is 805. The number of pyridine rings is 1. The van der Waals surface area contributed by atoms with Crippen LogP contribution in [0, 0.1) is 0 Å². The van der Waals surface area contributed by atoms with Crippen LogP contribution in [0.3, 0.4) is 0 Å². The third-order valence-corrected chi connectivity index (χ3v) is 6.44. The molecular weight excluding hydrogens is 372 g/mol. The summed E-state index contributed by atoms with van der Waals surface area (Å²) < 4.78 is 28.1. The Morgan fingerprint density at radius 1 is 1.26 bits per heavy atom.